The molecule has 3 heterocycles. The molecule has 31 heavy (non-hydrogen) atoms. The Labute approximate surface area is 182 Å². The minimum atomic E-state index is -0.0897. The number of pyridine rings is 1. The number of benzene rings is 1. The molecule has 4 rings (SSSR count). The van der Waals surface area contributed by atoms with Gasteiger partial charge in [0.2, 0.25) is 0 Å². The van der Waals surface area contributed by atoms with Crippen LogP contribution in [0.2, 0.25) is 0 Å². The highest BCUT2D eigenvalue weighted by atomic mass is 16.5. The summed E-state index contributed by atoms with van der Waals surface area (Å²) in [5.41, 5.74) is 4.58. The third kappa shape index (κ3) is 4.12. The molecular formula is C24H27N5O2. The number of rotatable bonds is 4. The van der Waals surface area contributed by atoms with E-state index in [2.05, 4.69) is 22.9 Å². The number of piperazine rings is 1. The summed E-state index contributed by atoms with van der Waals surface area (Å²) in [7, 11) is 0. The number of aromatic nitrogens is 1. The molecular weight excluding hydrogens is 390 g/mol. The van der Waals surface area contributed by atoms with Crippen molar-refractivity contribution in [1.82, 2.24) is 15.2 Å². The number of ether oxygens (including phenoxy) is 1. The van der Waals surface area contributed by atoms with Crippen molar-refractivity contribution >= 4 is 11.8 Å². The fraction of sp³-hybridized carbons (Fsp3) is 0.375. The van der Waals surface area contributed by atoms with E-state index in [0.29, 0.717) is 57.2 Å². The molecule has 1 aromatic carbocycles. The van der Waals surface area contributed by atoms with Gasteiger partial charge in [-0.15, -0.1) is 6.58 Å². The minimum Gasteiger partial charge on any atom is -0.376 e. The van der Waals surface area contributed by atoms with Crippen molar-refractivity contribution in [2.24, 2.45) is 0 Å². The van der Waals surface area contributed by atoms with E-state index >= 15 is 0 Å². The molecule has 1 fully saturated rings. The maximum absolute atomic E-state index is 12.4. The van der Waals surface area contributed by atoms with Crippen LogP contribution in [0.1, 0.15) is 23.6 Å². The summed E-state index contributed by atoms with van der Waals surface area (Å²) < 4.78 is 5.71. The van der Waals surface area contributed by atoms with Crippen molar-refractivity contribution in [3.8, 4) is 17.3 Å². The summed E-state index contributed by atoms with van der Waals surface area (Å²) in [6.07, 6.45) is 2.37. The fourth-order valence-electron chi connectivity index (χ4n) is 4.33. The Morgan fingerprint density at radius 2 is 2.16 bits per heavy atom. The Bertz CT molecular complexity index is 1010. The molecule has 1 saturated heterocycles. The molecule has 0 saturated carbocycles. The van der Waals surface area contributed by atoms with Crippen molar-refractivity contribution in [2.45, 2.75) is 26.0 Å². The van der Waals surface area contributed by atoms with E-state index in [1.165, 1.54) is 0 Å². The first-order chi connectivity index (χ1) is 15.1. The van der Waals surface area contributed by atoms with Crippen molar-refractivity contribution in [2.75, 3.05) is 37.7 Å². The van der Waals surface area contributed by atoms with Crippen LogP contribution < -0.4 is 10.2 Å². The average Bonchev–Trinajstić information content (AvgIpc) is 2.81. The SMILES string of the molecule is C=CCNC(=O)N1CCN(c2nc(-c3ccccc3)c3c(c2C#N)CCOC3)C[C@H]1C. The van der Waals surface area contributed by atoms with E-state index in [1.807, 2.05) is 42.2 Å². The van der Waals surface area contributed by atoms with Gasteiger partial charge in [0.15, 0.2) is 0 Å². The summed E-state index contributed by atoms with van der Waals surface area (Å²) in [4.78, 5) is 21.4. The fourth-order valence-corrected chi connectivity index (χ4v) is 4.33. The van der Waals surface area contributed by atoms with Gasteiger partial charge in [-0.25, -0.2) is 9.78 Å². The number of carbonyl (C=O) groups excluding carboxylic acids is 1. The second kappa shape index (κ2) is 9.19. The third-order valence-electron chi connectivity index (χ3n) is 5.88. The molecule has 0 aliphatic carbocycles. The average molecular weight is 418 g/mol. The van der Waals surface area contributed by atoms with Crippen LogP contribution in [0.4, 0.5) is 10.6 Å². The first kappa shape index (κ1) is 20.9. The maximum Gasteiger partial charge on any atom is 0.318 e. The van der Waals surface area contributed by atoms with Crippen molar-refractivity contribution in [3.05, 3.63) is 59.7 Å². The van der Waals surface area contributed by atoms with Gasteiger partial charge in [-0.2, -0.15) is 5.26 Å². The Morgan fingerprint density at radius 1 is 1.35 bits per heavy atom. The van der Waals surface area contributed by atoms with Gasteiger partial charge >= 0.3 is 6.03 Å². The molecule has 2 aromatic rings. The quantitative estimate of drug-likeness (QED) is 0.773. The molecule has 2 aliphatic heterocycles. The molecule has 1 atom stereocenters. The lowest BCUT2D eigenvalue weighted by Gasteiger charge is -2.41. The van der Waals surface area contributed by atoms with E-state index in [-0.39, 0.29) is 12.1 Å². The van der Waals surface area contributed by atoms with E-state index < -0.39 is 0 Å². The van der Waals surface area contributed by atoms with Gasteiger partial charge in [-0.05, 0) is 18.9 Å². The van der Waals surface area contributed by atoms with Crippen LogP contribution in [0.5, 0.6) is 0 Å². The highest BCUT2D eigenvalue weighted by molar-refractivity contribution is 5.76. The van der Waals surface area contributed by atoms with Crippen LogP contribution >= 0.6 is 0 Å². The number of carbonyl (C=O) groups is 1. The molecule has 7 heteroatoms. The van der Waals surface area contributed by atoms with Gasteiger partial charge in [0.25, 0.3) is 0 Å². The monoisotopic (exact) mass is 417 g/mol. The summed E-state index contributed by atoms with van der Waals surface area (Å²) in [6, 6.07) is 12.4. The van der Waals surface area contributed by atoms with Crippen LogP contribution in [0.15, 0.2) is 43.0 Å². The number of amides is 2. The van der Waals surface area contributed by atoms with Gasteiger partial charge in [-0.3, -0.25) is 0 Å². The summed E-state index contributed by atoms with van der Waals surface area (Å²) in [6.45, 7) is 8.99. The zero-order valence-electron chi connectivity index (χ0n) is 17.8. The van der Waals surface area contributed by atoms with Gasteiger partial charge in [0, 0.05) is 43.3 Å². The van der Waals surface area contributed by atoms with Gasteiger partial charge in [0.05, 0.1) is 24.5 Å². The largest absolute Gasteiger partial charge is 0.376 e. The Kier molecular flexibility index (Phi) is 6.19. The van der Waals surface area contributed by atoms with Crippen LogP contribution in [-0.2, 0) is 17.8 Å². The van der Waals surface area contributed by atoms with Crippen molar-refractivity contribution in [1.29, 1.82) is 5.26 Å². The van der Waals surface area contributed by atoms with E-state index in [4.69, 9.17) is 9.72 Å². The number of anilines is 1. The van der Waals surface area contributed by atoms with Crippen LogP contribution in [-0.4, -0.2) is 54.7 Å². The number of fused-ring (bicyclic) bond motifs is 1. The first-order valence-corrected chi connectivity index (χ1v) is 10.6. The molecule has 0 unspecified atom stereocenters. The lowest BCUT2D eigenvalue weighted by Crippen LogP contribution is -2.57. The number of hydrogen-bond acceptors (Lipinski definition) is 5. The predicted molar refractivity (Wildman–Crippen MR) is 120 cm³/mol. The molecule has 1 N–H and O–H groups in total. The molecule has 7 nitrogen and oxygen atoms in total. The molecule has 0 radical (unpaired) electrons. The normalized spacial score (nSPS) is 18.1. The first-order valence-electron chi connectivity index (χ1n) is 10.6. The number of hydrogen-bond donors (Lipinski definition) is 1. The number of nitrogens with zero attached hydrogens (tertiary/aromatic N) is 4. The Morgan fingerprint density at radius 3 is 2.87 bits per heavy atom. The molecule has 1 aromatic heterocycles. The van der Waals surface area contributed by atoms with E-state index in [1.54, 1.807) is 6.08 Å². The van der Waals surface area contributed by atoms with E-state index in [9.17, 15) is 10.1 Å². The van der Waals surface area contributed by atoms with Crippen LogP contribution in [0.3, 0.4) is 0 Å². The molecule has 160 valence electrons. The second-order valence-electron chi connectivity index (χ2n) is 7.86. The Balaban J connectivity index is 1.70. The number of urea groups is 1. The smallest absolute Gasteiger partial charge is 0.318 e. The van der Waals surface area contributed by atoms with Crippen LogP contribution in [0, 0.1) is 11.3 Å². The summed E-state index contributed by atoms with van der Waals surface area (Å²) in [5.74, 6) is 0.708. The summed E-state index contributed by atoms with van der Waals surface area (Å²) >= 11 is 0. The maximum atomic E-state index is 12.4. The van der Waals surface area contributed by atoms with Gasteiger partial charge in [0.1, 0.15) is 11.9 Å². The van der Waals surface area contributed by atoms with Gasteiger partial charge < -0.3 is 19.9 Å². The molecule has 0 spiro atoms. The lowest BCUT2D eigenvalue weighted by atomic mass is 9.93. The number of nitriles is 1. The van der Waals surface area contributed by atoms with Crippen LogP contribution in [0.25, 0.3) is 11.3 Å². The zero-order chi connectivity index (χ0) is 21.8. The van der Waals surface area contributed by atoms with Gasteiger partial charge in [-0.1, -0.05) is 36.4 Å². The van der Waals surface area contributed by atoms with Crippen molar-refractivity contribution in [3.63, 3.8) is 0 Å². The lowest BCUT2D eigenvalue weighted by molar-refractivity contribution is 0.111. The molecule has 0 bridgehead atoms. The third-order valence-corrected chi connectivity index (χ3v) is 5.88. The zero-order valence-corrected chi connectivity index (χ0v) is 17.8. The Hall–Kier alpha value is -3.37. The second-order valence-corrected chi connectivity index (χ2v) is 7.86. The highest BCUT2D eigenvalue weighted by Crippen LogP contribution is 2.35. The van der Waals surface area contributed by atoms with E-state index in [0.717, 1.165) is 22.4 Å². The predicted octanol–water partition coefficient (Wildman–Crippen LogP) is 3.10. The highest BCUT2D eigenvalue weighted by Gasteiger charge is 2.31. The topological polar surface area (TPSA) is 81.5 Å². The summed E-state index contributed by atoms with van der Waals surface area (Å²) in [5, 5.41) is 12.9. The standard InChI is InChI=1S/C24H27N5O2/c1-3-10-26-24(30)29-12-11-28(15-17(29)2)23-20(14-25)19-9-13-31-16-21(19)22(27-23)18-7-5-4-6-8-18/h3-8,17H,1,9-13,15-16H2,2H3,(H,26,30)/t17-/m1/s1. The molecule has 2 aliphatic rings. The number of nitrogens with one attached hydrogen (secondary N) is 1. The minimum absolute atomic E-state index is 0.00792. The molecule has 2 amide bonds. The van der Waals surface area contributed by atoms with Crippen molar-refractivity contribution < 1.29 is 9.53 Å².